The molecule has 0 aromatic carbocycles. The first-order chi connectivity index (χ1) is 26.5. The number of hydrogen-bond donors (Lipinski definition) is 1. The smallest absolute Gasteiger partial charge is 0.462 e. The van der Waals surface area contributed by atoms with Crippen LogP contribution in [-0.4, -0.2) is 74.9 Å². The van der Waals surface area contributed by atoms with Gasteiger partial charge in [0.2, 0.25) is 0 Å². The van der Waals surface area contributed by atoms with E-state index in [4.69, 9.17) is 18.5 Å². The van der Waals surface area contributed by atoms with E-state index in [0.29, 0.717) is 23.9 Å². The molecule has 0 aliphatic carbocycles. The van der Waals surface area contributed by atoms with Crippen molar-refractivity contribution in [1.29, 1.82) is 0 Å². The molecule has 10 heteroatoms. The van der Waals surface area contributed by atoms with Gasteiger partial charge >= 0.3 is 19.8 Å². The summed E-state index contributed by atoms with van der Waals surface area (Å²) < 4.78 is 34.2. The molecule has 9 nitrogen and oxygen atoms in total. The van der Waals surface area contributed by atoms with Gasteiger partial charge in [-0.2, -0.15) is 0 Å². The first kappa shape index (κ1) is 52.7. The molecular formula is C45H81NO8P+. The van der Waals surface area contributed by atoms with Gasteiger partial charge in [0.25, 0.3) is 0 Å². The Morgan fingerprint density at radius 1 is 0.582 bits per heavy atom. The summed E-state index contributed by atoms with van der Waals surface area (Å²) in [6.45, 7) is 4.23. The van der Waals surface area contributed by atoms with Gasteiger partial charge in [-0.3, -0.25) is 18.6 Å². The molecule has 0 bridgehead atoms. The largest absolute Gasteiger partial charge is 0.472 e. The van der Waals surface area contributed by atoms with Crippen LogP contribution in [0.3, 0.4) is 0 Å². The number of ether oxygens (including phenoxy) is 2. The van der Waals surface area contributed by atoms with E-state index in [1.54, 1.807) is 0 Å². The minimum Gasteiger partial charge on any atom is -0.462 e. The van der Waals surface area contributed by atoms with Gasteiger partial charge in [-0.25, -0.2) is 4.57 Å². The lowest BCUT2D eigenvalue weighted by atomic mass is 10.0. The van der Waals surface area contributed by atoms with Crippen molar-refractivity contribution in [2.45, 2.75) is 168 Å². The summed E-state index contributed by atoms with van der Waals surface area (Å²) in [7, 11) is 1.43. The predicted molar refractivity (Wildman–Crippen MR) is 229 cm³/mol. The monoisotopic (exact) mass is 795 g/mol. The fourth-order valence-electron chi connectivity index (χ4n) is 5.46. The average molecular weight is 795 g/mol. The highest BCUT2D eigenvalue weighted by Crippen LogP contribution is 2.43. The van der Waals surface area contributed by atoms with Gasteiger partial charge in [0.15, 0.2) is 6.10 Å². The molecule has 0 saturated heterocycles. The van der Waals surface area contributed by atoms with Crippen molar-refractivity contribution < 1.29 is 42.1 Å². The van der Waals surface area contributed by atoms with Gasteiger partial charge in [0.05, 0.1) is 27.7 Å². The molecule has 0 aromatic heterocycles. The predicted octanol–water partition coefficient (Wildman–Crippen LogP) is 12.1. The number of rotatable bonds is 38. The van der Waals surface area contributed by atoms with Crippen LogP contribution in [0.5, 0.6) is 0 Å². The van der Waals surface area contributed by atoms with E-state index >= 15 is 0 Å². The Balaban J connectivity index is 4.48. The number of nitrogens with zero attached hydrogens (tertiary/aromatic N) is 1. The Kier molecular flexibility index (Phi) is 35.7. The zero-order valence-corrected chi connectivity index (χ0v) is 36.5. The SMILES string of the molecule is CC/C=C\C/C=C\C/C=C\C/C=C\C/C=C\CCCC(=O)OC(COC(=O)CCCCCCCCCCCCCCCC)COP(=O)(O)OCC[N+](C)(C)C. The lowest BCUT2D eigenvalue weighted by molar-refractivity contribution is -0.870. The highest BCUT2D eigenvalue weighted by molar-refractivity contribution is 7.47. The molecule has 0 aliphatic heterocycles. The Bertz CT molecular complexity index is 1120. The van der Waals surface area contributed by atoms with E-state index in [9.17, 15) is 19.0 Å². The van der Waals surface area contributed by atoms with Crippen LogP contribution < -0.4 is 0 Å². The van der Waals surface area contributed by atoms with Crippen molar-refractivity contribution in [3.63, 3.8) is 0 Å². The molecule has 0 aromatic rings. The first-order valence-electron chi connectivity index (χ1n) is 21.5. The summed E-state index contributed by atoms with van der Waals surface area (Å²) in [5.74, 6) is -0.868. The molecule has 0 saturated carbocycles. The molecule has 0 spiro atoms. The zero-order chi connectivity index (χ0) is 40.7. The number of unbranched alkanes of at least 4 members (excludes halogenated alkanes) is 14. The van der Waals surface area contributed by atoms with Crippen molar-refractivity contribution in [2.24, 2.45) is 0 Å². The molecule has 318 valence electrons. The lowest BCUT2D eigenvalue weighted by Crippen LogP contribution is -2.37. The number of esters is 2. The van der Waals surface area contributed by atoms with E-state index in [-0.39, 0.29) is 32.0 Å². The number of allylic oxidation sites excluding steroid dienone is 10. The maximum Gasteiger partial charge on any atom is 0.472 e. The minimum absolute atomic E-state index is 0.0196. The van der Waals surface area contributed by atoms with Crippen molar-refractivity contribution >= 4 is 19.8 Å². The van der Waals surface area contributed by atoms with E-state index < -0.39 is 26.5 Å². The fourth-order valence-corrected chi connectivity index (χ4v) is 6.20. The minimum atomic E-state index is -4.39. The van der Waals surface area contributed by atoms with Crippen LogP contribution >= 0.6 is 7.82 Å². The van der Waals surface area contributed by atoms with E-state index in [1.807, 2.05) is 27.2 Å². The first-order valence-corrected chi connectivity index (χ1v) is 23.0. The number of hydrogen-bond acceptors (Lipinski definition) is 7. The van der Waals surface area contributed by atoms with Crippen LogP contribution in [0.15, 0.2) is 60.8 Å². The van der Waals surface area contributed by atoms with Gasteiger partial charge in [-0.1, -0.05) is 158 Å². The van der Waals surface area contributed by atoms with E-state index in [0.717, 1.165) is 51.4 Å². The summed E-state index contributed by atoms with van der Waals surface area (Å²) in [4.78, 5) is 35.3. The lowest BCUT2D eigenvalue weighted by Gasteiger charge is -2.24. The quantitative estimate of drug-likeness (QED) is 0.0216. The molecule has 0 heterocycles. The number of phosphoric ester groups is 1. The number of quaternary nitrogens is 1. The number of carbonyl (C=O) groups is 2. The summed E-state index contributed by atoms with van der Waals surface area (Å²) in [6, 6.07) is 0. The highest BCUT2D eigenvalue weighted by Gasteiger charge is 2.27. The summed E-state index contributed by atoms with van der Waals surface area (Å²) in [6.07, 6.45) is 44.2. The van der Waals surface area contributed by atoms with Crippen LogP contribution in [0.1, 0.15) is 162 Å². The highest BCUT2D eigenvalue weighted by atomic mass is 31.2. The summed E-state index contributed by atoms with van der Waals surface area (Å²) in [5.41, 5.74) is 0. The Morgan fingerprint density at radius 2 is 1.04 bits per heavy atom. The second-order valence-electron chi connectivity index (χ2n) is 15.4. The molecule has 0 fully saturated rings. The average Bonchev–Trinajstić information content (AvgIpc) is 3.13. The topological polar surface area (TPSA) is 108 Å². The van der Waals surface area contributed by atoms with Crippen LogP contribution in [0, 0.1) is 0 Å². The molecule has 0 aliphatic rings. The Labute approximate surface area is 336 Å². The van der Waals surface area contributed by atoms with Crippen molar-refractivity contribution in [1.82, 2.24) is 0 Å². The van der Waals surface area contributed by atoms with Gasteiger partial charge in [0, 0.05) is 12.8 Å². The van der Waals surface area contributed by atoms with Crippen molar-refractivity contribution in [2.75, 3.05) is 47.5 Å². The molecule has 1 N–H and O–H groups in total. The molecule has 55 heavy (non-hydrogen) atoms. The summed E-state index contributed by atoms with van der Waals surface area (Å²) >= 11 is 0. The molecule has 0 rings (SSSR count). The van der Waals surface area contributed by atoms with Crippen LogP contribution in [0.25, 0.3) is 0 Å². The third kappa shape index (κ3) is 41.2. The number of likely N-dealkylation sites (N-methyl/N-ethyl adjacent to an activating group) is 1. The molecule has 0 amide bonds. The summed E-state index contributed by atoms with van der Waals surface area (Å²) in [5, 5.41) is 0. The molecule has 0 radical (unpaired) electrons. The van der Waals surface area contributed by atoms with Crippen LogP contribution in [-0.2, 0) is 32.7 Å². The van der Waals surface area contributed by atoms with Gasteiger partial charge in [-0.05, 0) is 51.4 Å². The van der Waals surface area contributed by atoms with E-state index in [2.05, 4.69) is 68.5 Å². The fraction of sp³-hybridized carbons (Fsp3) is 0.733. The van der Waals surface area contributed by atoms with Gasteiger partial charge in [-0.15, -0.1) is 0 Å². The standard InChI is InChI=1S/C45H80NO8P/c1-6-8-10-12-14-16-18-20-22-23-24-26-28-30-32-34-36-38-45(48)54-43(42-53-55(49,50)52-40-39-46(3,4)5)41-51-44(47)37-35-33-31-29-27-25-21-19-17-15-13-11-9-7-2/h8,10,14,16,20,22,24,26,30,32,43H,6-7,9,11-13,15,17-19,21,23,25,27-29,31,33-42H2,1-5H3/p+1/b10-8-,16-14-,22-20-,26-24-,32-30-. The van der Waals surface area contributed by atoms with Gasteiger partial charge < -0.3 is 18.9 Å². The van der Waals surface area contributed by atoms with Crippen molar-refractivity contribution in [3.05, 3.63) is 60.8 Å². The Hall–Kier alpha value is -2.29. The molecular weight excluding hydrogens is 713 g/mol. The maximum absolute atomic E-state index is 12.7. The van der Waals surface area contributed by atoms with Crippen LogP contribution in [0.2, 0.25) is 0 Å². The molecule has 2 atom stereocenters. The molecule has 2 unspecified atom stereocenters. The van der Waals surface area contributed by atoms with E-state index in [1.165, 1.54) is 70.6 Å². The second kappa shape index (κ2) is 37.3. The Morgan fingerprint density at radius 3 is 1.53 bits per heavy atom. The van der Waals surface area contributed by atoms with Gasteiger partial charge in [0.1, 0.15) is 19.8 Å². The van der Waals surface area contributed by atoms with Crippen LogP contribution in [0.4, 0.5) is 0 Å². The third-order valence-corrected chi connectivity index (χ3v) is 9.80. The zero-order valence-electron chi connectivity index (χ0n) is 35.6. The second-order valence-corrected chi connectivity index (χ2v) is 16.8. The normalized spacial score (nSPS) is 14.2. The number of carbonyl (C=O) groups excluding carboxylic acids is 2. The third-order valence-electron chi connectivity index (χ3n) is 8.81. The number of phosphoric acid groups is 1. The maximum atomic E-state index is 12.7. The van der Waals surface area contributed by atoms with Crippen molar-refractivity contribution in [3.8, 4) is 0 Å².